The highest BCUT2D eigenvalue weighted by atomic mass is 16.1. The number of nitrogens with one attached hydrogen (secondary N) is 3. The molecule has 0 bridgehead atoms. The number of carbonyl (C=O) groups is 1. The van der Waals surface area contributed by atoms with Gasteiger partial charge in [0.15, 0.2) is 0 Å². The zero-order valence-corrected chi connectivity index (χ0v) is 9.66. The molecule has 1 aliphatic heterocycles. The van der Waals surface area contributed by atoms with Crippen LogP contribution in [0.3, 0.4) is 0 Å². The third kappa shape index (κ3) is 1.88. The number of rotatable bonds is 3. The maximum absolute atomic E-state index is 11.3. The van der Waals surface area contributed by atoms with Crippen molar-refractivity contribution in [1.82, 2.24) is 9.97 Å². The van der Waals surface area contributed by atoms with Crippen molar-refractivity contribution in [2.45, 2.75) is 13.0 Å². The van der Waals surface area contributed by atoms with E-state index in [9.17, 15) is 4.79 Å². The van der Waals surface area contributed by atoms with Gasteiger partial charge in [-0.3, -0.25) is 4.79 Å². The summed E-state index contributed by atoms with van der Waals surface area (Å²) in [5.41, 5.74) is 10.2. The molecule has 0 radical (unpaired) electrons. The summed E-state index contributed by atoms with van der Waals surface area (Å²) >= 11 is 0. The Balaban J connectivity index is 1.80. The van der Waals surface area contributed by atoms with Gasteiger partial charge < -0.3 is 21.4 Å². The molecule has 6 nitrogen and oxygen atoms in total. The second-order valence-electron chi connectivity index (χ2n) is 4.25. The van der Waals surface area contributed by atoms with E-state index < -0.39 is 0 Å². The van der Waals surface area contributed by atoms with Crippen LogP contribution in [0.5, 0.6) is 0 Å². The van der Waals surface area contributed by atoms with Gasteiger partial charge in [0, 0.05) is 11.9 Å². The Morgan fingerprint density at radius 3 is 3.11 bits per heavy atom. The molecule has 1 aliphatic rings. The fraction of sp³-hybridized carbons (Fsp3) is 0.167. The minimum atomic E-state index is 0.00937. The topological polar surface area (TPSA) is 95.8 Å². The number of aromatic amines is 1. The molecule has 3 rings (SSSR count). The van der Waals surface area contributed by atoms with Gasteiger partial charge in [0.05, 0.1) is 36.4 Å². The first kappa shape index (κ1) is 10.6. The highest BCUT2D eigenvalue weighted by Gasteiger charge is 2.19. The van der Waals surface area contributed by atoms with Crippen LogP contribution in [0.15, 0.2) is 24.7 Å². The van der Waals surface area contributed by atoms with Gasteiger partial charge in [-0.05, 0) is 17.7 Å². The van der Waals surface area contributed by atoms with E-state index in [0.717, 1.165) is 22.6 Å². The summed E-state index contributed by atoms with van der Waals surface area (Å²) in [7, 11) is 0. The van der Waals surface area contributed by atoms with Crippen molar-refractivity contribution in [3.05, 3.63) is 35.9 Å². The van der Waals surface area contributed by atoms with E-state index in [-0.39, 0.29) is 5.91 Å². The molecule has 5 N–H and O–H groups in total. The lowest BCUT2D eigenvalue weighted by Crippen LogP contribution is -2.04. The van der Waals surface area contributed by atoms with Crippen molar-refractivity contribution in [3.8, 4) is 0 Å². The summed E-state index contributed by atoms with van der Waals surface area (Å²) < 4.78 is 0. The summed E-state index contributed by atoms with van der Waals surface area (Å²) in [4.78, 5) is 18.2. The number of nitrogens with zero attached hydrogens (tertiary/aromatic N) is 1. The lowest BCUT2D eigenvalue weighted by molar-refractivity contribution is -0.115. The van der Waals surface area contributed by atoms with Crippen molar-refractivity contribution >= 4 is 23.0 Å². The predicted molar refractivity (Wildman–Crippen MR) is 69.1 cm³/mol. The molecule has 0 spiro atoms. The number of nitrogen functional groups attached to an aromatic ring is 1. The van der Waals surface area contributed by atoms with Crippen LogP contribution in [0, 0.1) is 0 Å². The zero-order valence-electron chi connectivity index (χ0n) is 9.66. The maximum Gasteiger partial charge on any atom is 0.228 e. The molecular formula is C12H13N5O. The monoisotopic (exact) mass is 243 g/mol. The molecule has 2 aromatic rings. The Hall–Kier alpha value is -2.50. The lowest BCUT2D eigenvalue weighted by atomic mass is 10.1. The third-order valence-electron chi connectivity index (χ3n) is 2.92. The van der Waals surface area contributed by atoms with Gasteiger partial charge in [0.25, 0.3) is 0 Å². The van der Waals surface area contributed by atoms with E-state index in [2.05, 4.69) is 20.6 Å². The maximum atomic E-state index is 11.3. The summed E-state index contributed by atoms with van der Waals surface area (Å²) in [6, 6.07) is 3.70. The SMILES string of the molecule is Nc1cc2c(cc1NCc1cnc[nH]1)NC(=O)C2. The van der Waals surface area contributed by atoms with Crippen molar-refractivity contribution in [3.63, 3.8) is 0 Å². The average molecular weight is 243 g/mol. The number of aromatic nitrogens is 2. The zero-order chi connectivity index (χ0) is 12.5. The molecular weight excluding hydrogens is 230 g/mol. The molecule has 0 aliphatic carbocycles. The molecule has 1 aromatic heterocycles. The Kier molecular flexibility index (Phi) is 2.40. The lowest BCUT2D eigenvalue weighted by Gasteiger charge is -2.10. The Bertz CT molecular complexity index is 591. The molecule has 0 unspecified atom stereocenters. The van der Waals surface area contributed by atoms with E-state index in [1.807, 2.05) is 12.1 Å². The normalized spacial score (nSPS) is 13.2. The molecule has 6 heteroatoms. The van der Waals surface area contributed by atoms with Crippen LogP contribution in [-0.2, 0) is 17.8 Å². The summed E-state index contributed by atoms with van der Waals surface area (Å²) in [6.45, 7) is 0.608. The van der Waals surface area contributed by atoms with E-state index in [4.69, 9.17) is 5.73 Å². The van der Waals surface area contributed by atoms with Crippen molar-refractivity contribution in [1.29, 1.82) is 0 Å². The summed E-state index contributed by atoms with van der Waals surface area (Å²) in [5, 5.41) is 6.02. The predicted octanol–water partition coefficient (Wildman–Crippen LogP) is 1.10. The van der Waals surface area contributed by atoms with Crippen LogP contribution in [0.4, 0.5) is 17.1 Å². The first-order valence-electron chi connectivity index (χ1n) is 5.66. The quantitative estimate of drug-likeness (QED) is 0.607. The van der Waals surface area contributed by atoms with Gasteiger partial charge in [-0.1, -0.05) is 0 Å². The number of imidazole rings is 1. The number of benzene rings is 1. The number of carbonyl (C=O) groups excluding carboxylic acids is 1. The number of hydrogen-bond acceptors (Lipinski definition) is 4. The van der Waals surface area contributed by atoms with Crippen molar-refractivity contribution < 1.29 is 4.79 Å². The van der Waals surface area contributed by atoms with E-state index in [1.54, 1.807) is 12.5 Å². The number of H-pyrrole nitrogens is 1. The Morgan fingerprint density at radius 2 is 2.33 bits per heavy atom. The van der Waals surface area contributed by atoms with Crippen LogP contribution in [0.1, 0.15) is 11.3 Å². The second kappa shape index (κ2) is 4.06. The van der Waals surface area contributed by atoms with E-state index in [1.165, 1.54) is 0 Å². The standard InChI is InChI=1S/C12H13N5O/c13-9-1-7-2-12(18)17-10(7)3-11(9)15-5-8-4-14-6-16-8/h1,3-4,6,15H,2,5,13H2,(H,14,16)(H,17,18). The highest BCUT2D eigenvalue weighted by Crippen LogP contribution is 2.31. The number of nitrogens with two attached hydrogens (primary N) is 1. The molecule has 0 fully saturated rings. The molecule has 1 amide bonds. The molecule has 0 saturated carbocycles. The van der Waals surface area contributed by atoms with Crippen LogP contribution in [-0.4, -0.2) is 15.9 Å². The van der Waals surface area contributed by atoms with Gasteiger partial charge in [-0.25, -0.2) is 4.98 Å². The number of anilines is 3. The van der Waals surface area contributed by atoms with Crippen molar-refractivity contribution in [2.24, 2.45) is 0 Å². The van der Waals surface area contributed by atoms with Gasteiger partial charge >= 0.3 is 0 Å². The molecule has 92 valence electrons. The van der Waals surface area contributed by atoms with Crippen LogP contribution >= 0.6 is 0 Å². The molecule has 0 atom stereocenters. The number of amides is 1. The van der Waals surface area contributed by atoms with Gasteiger partial charge in [0.1, 0.15) is 0 Å². The van der Waals surface area contributed by atoms with E-state index >= 15 is 0 Å². The third-order valence-corrected chi connectivity index (χ3v) is 2.92. The van der Waals surface area contributed by atoms with Gasteiger partial charge in [-0.15, -0.1) is 0 Å². The fourth-order valence-electron chi connectivity index (χ4n) is 2.02. The minimum absolute atomic E-state index is 0.00937. The second-order valence-corrected chi connectivity index (χ2v) is 4.25. The first-order valence-corrected chi connectivity index (χ1v) is 5.66. The Labute approximate surface area is 104 Å². The summed E-state index contributed by atoms with van der Waals surface area (Å²) in [6.07, 6.45) is 3.78. The van der Waals surface area contributed by atoms with Gasteiger partial charge in [0.2, 0.25) is 5.91 Å². The van der Waals surface area contributed by atoms with Gasteiger partial charge in [-0.2, -0.15) is 0 Å². The summed E-state index contributed by atoms with van der Waals surface area (Å²) in [5.74, 6) is 0.00937. The highest BCUT2D eigenvalue weighted by molar-refractivity contribution is 6.00. The molecule has 1 aromatic carbocycles. The number of hydrogen-bond donors (Lipinski definition) is 4. The fourth-order valence-corrected chi connectivity index (χ4v) is 2.02. The average Bonchev–Trinajstić information content (AvgIpc) is 2.94. The van der Waals surface area contributed by atoms with Crippen molar-refractivity contribution in [2.75, 3.05) is 16.4 Å². The van der Waals surface area contributed by atoms with Crippen LogP contribution in [0.25, 0.3) is 0 Å². The largest absolute Gasteiger partial charge is 0.397 e. The van der Waals surface area contributed by atoms with E-state index in [0.29, 0.717) is 18.7 Å². The Morgan fingerprint density at radius 1 is 1.44 bits per heavy atom. The minimum Gasteiger partial charge on any atom is -0.397 e. The van der Waals surface area contributed by atoms with Crippen LogP contribution < -0.4 is 16.4 Å². The molecule has 0 saturated heterocycles. The smallest absolute Gasteiger partial charge is 0.228 e. The van der Waals surface area contributed by atoms with Crippen LogP contribution in [0.2, 0.25) is 0 Å². The first-order chi connectivity index (χ1) is 8.72. The molecule has 18 heavy (non-hydrogen) atoms. The molecule has 2 heterocycles. The number of fused-ring (bicyclic) bond motifs is 1.